The van der Waals surface area contributed by atoms with Gasteiger partial charge < -0.3 is 10.1 Å². The van der Waals surface area contributed by atoms with Gasteiger partial charge in [0.2, 0.25) is 0 Å². The van der Waals surface area contributed by atoms with E-state index in [1.165, 1.54) is 11.3 Å². The lowest BCUT2D eigenvalue weighted by Gasteiger charge is -2.06. The lowest BCUT2D eigenvalue weighted by molar-refractivity contribution is 0.102. The van der Waals surface area contributed by atoms with Crippen LogP contribution in [0.3, 0.4) is 0 Å². The lowest BCUT2D eigenvalue weighted by Crippen LogP contribution is -2.14. The summed E-state index contributed by atoms with van der Waals surface area (Å²) in [4.78, 5) is 18.0. The third-order valence-electron chi connectivity index (χ3n) is 3.99. The van der Waals surface area contributed by atoms with Crippen molar-refractivity contribution in [2.45, 2.75) is 0 Å². The van der Waals surface area contributed by atoms with Crippen molar-refractivity contribution in [3.63, 3.8) is 0 Å². The van der Waals surface area contributed by atoms with Crippen LogP contribution in [0.1, 0.15) is 10.5 Å². The third-order valence-corrected chi connectivity index (χ3v) is 5.37. The fourth-order valence-corrected chi connectivity index (χ4v) is 3.95. The molecule has 136 valence electrons. The quantitative estimate of drug-likeness (QED) is 0.467. The summed E-state index contributed by atoms with van der Waals surface area (Å²) in [5.74, 6) is 0.472. The first-order valence-corrected chi connectivity index (χ1v) is 9.56. The van der Waals surface area contributed by atoms with Gasteiger partial charge in [-0.15, -0.1) is 11.3 Å². The van der Waals surface area contributed by atoms with E-state index >= 15 is 0 Å². The number of hydrogen-bond donors (Lipinski definition) is 1. The fraction of sp³-hybridized carbons (Fsp3) is 0.0526. The molecule has 8 heteroatoms. The molecule has 0 aliphatic heterocycles. The monoisotopic (exact) mass is 417 g/mol. The summed E-state index contributed by atoms with van der Waals surface area (Å²) in [6, 6.07) is 12.5. The Hall–Kier alpha value is -2.54. The van der Waals surface area contributed by atoms with E-state index in [4.69, 9.17) is 27.9 Å². The number of carbonyl (C=O) groups is 1. The van der Waals surface area contributed by atoms with Crippen molar-refractivity contribution in [3.05, 3.63) is 69.8 Å². The molecule has 0 aliphatic rings. The van der Waals surface area contributed by atoms with Crippen molar-refractivity contribution < 1.29 is 9.53 Å². The minimum atomic E-state index is -0.278. The molecule has 0 saturated heterocycles. The van der Waals surface area contributed by atoms with Gasteiger partial charge in [-0.1, -0.05) is 35.3 Å². The number of halogens is 2. The summed E-state index contributed by atoms with van der Waals surface area (Å²) >= 11 is 13.4. The molecule has 2 aromatic heterocycles. The summed E-state index contributed by atoms with van der Waals surface area (Å²) in [5.41, 5.74) is 2.65. The van der Waals surface area contributed by atoms with Crippen LogP contribution in [-0.4, -0.2) is 22.4 Å². The number of rotatable bonds is 4. The van der Waals surface area contributed by atoms with Gasteiger partial charge in [0.05, 0.1) is 23.5 Å². The van der Waals surface area contributed by atoms with Crippen LogP contribution >= 0.6 is 34.5 Å². The summed E-state index contributed by atoms with van der Waals surface area (Å²) in [6.45, 7) is 0. The summed E-state index contributed by atoms with van der Waals surface area (Å²) in [6.07, 6.45) is 1.83. The Bertz CT molecular complexity index is 1150. The molecule has 4 aromatic rings. The van der Waals surface area contributed by atoms with Crippen LogP contribution in [0.15, 0.2) is 54.0 Å². The van der Waals surface area contributed by atoms with E-state index in [1.807, 2.05) is 30.5 Å². The zero-order valence-electron chi connectivity index (χ0n) is 14.1. The Morgan fingerprint density at radius 3 is 2.85 bits per heavy atom. The van der Waals surface area contributed by atoms with Gasteiger partial charge in [0.25, 0.3) is 5.91 Å². The molecule has 1 N–H and O–H groups in total. The first kappa shape index (κ1) is 17.9. The van der Waals surface area contributed by atoms with Crippen LogP contribution in [0.4, 0.5) is 5.69 Å². The molecule has 0 aliphatic carbocycles. The van der Waals surface area contributed by atoms with Gasteiger partial charge in [-0.2, -0.15) is 0 Å². The fourth-order valence-electron chi connectivity index (χ4n) is 2.65. The van der Waals surface area contributed by atoms with Crippen LogP contribution in [-0.2, 0) is 0 Å². The summed E-state index contributed by atoms with van der Waals surface area (Å²) < 4.78 is 7.02. The SMILES string of the molecule is COc1cccc(-c2cn3c(C(=O)Nc4ccc(Cl)cc4Cl)csc3n2)c1. The maximum atomic E-state index is 12.7. The number of fused-ring (bicyclic) bond motifs is 1. The van der Waals surface area contributed by atoms with Gasteiger partial charge in [0.1, 0.15) is 11.4 Å². The zero-order valence-corrected chi connectivity index (χ0v) is 16.4. The Morgan fingerprint density at radius 1 is 1.22 bits per heavy atom. The van der Waals surface area contributed by atoms with Crippen LogP contribution in [0, 0.1) is 0 Å². The molecule has 2 heterocycles. The Kier molecular flexibility index (Phi) is 4.78. The molecule has 0 unspecified atom stereocenters. The number of imidazole rings is 1. The highest BCUT2D eigenvalue weighted by Gasteiger charge is 2.16. The van der Waals surface area contributed by atoms with E-state index in [0.717, 1.165) is 22.0 Å². The molecule has 0 spiro atoms. The maximum Gasteiger partial charge on any atom is 0.273 e. The predicted octanol–water partition coefficient (Wildman–Crippen LogP) is 5.63. The average Bonchev–Trinajstić information content (AvgIpc) is 3.24. The van der Waals surface area contributed by atoms with Gasteiger partial charge >= 0.3 is 0 Å². The van der Waals surface area contributed by atoms with Crippen LogP contribution in [0.25, 0.3) is 16.2 Å². The second-order valence-electron chi connectivity index (χ2n) is 5.71. The van der Waals surface area contributed by atoms with Crippen molar-refractivity contribution in [1.82, 2.24) is 9.38 Å². The van der Waals surface area contributed by atoms with Crippen molar-refractivity contribution in [2.75, 3.05) is 12.4 Å². The topological polar surface area (TPSA) is 55.6 Å². The molecule has 0 fully saturated rings. The lowest BCUT2D eigenvalue weighted by atomic mass is 10.1. The standard InChI is InChI=1S/C19H13Cl2N3O2S/c1-26-13-4-2-3-11(7-13)16-9-24-17(10-27-19(24)23-16)18(25)22-15-6-5-12(20)8-14(15)21/h2-10H,1H3,(H,22,25). The van der Waals surface area contributed by atoms with Crippen molar-refractivity contribution >= 4 is 51.1 Å². The number of thiazole rings is 1. The second kappa shape index (κ2) is 7.23. The van der Waals surface area contributed by atoms with Crippen molar-refractivity contribution in [1.29, 1.82) is 0 Å². The number of hydrogen-bond acceptors (Lipinski definition) is 4. The van der Waals surface area contributed by atoms with E-state index < -0.39 is 0 Å². The molecule has 0 bridgehead atoms. The van der Waals surface area contributed by atoms with E-state index in [0.29, 0.717) is 21.4 Å². The molecule has 0 saturated carbocycles. The molecule has 0 radical (unpaired) electrons. The van der Waals surface area contributed by atoms with E-state index in [1.54, 1.807) is 35.1 Å². The predicted molar refractivity (Wildman–Crippen MR) is 109 cm³/mol. The number of aromatic nitrogens is 2. The number of ether oxygens (including phenoxy) is 1. The number of methoxy groups -OCH3 is 1. The van der Waals surface area contributed by atoms with Crippen LogP contribution in [0.2, 0.25) is 10.0 Å². The largest absolute Gasteiger partial charge is 0.497 e. The van der Waals surface area contributed by atoms with Gasteiger partial charge in [-0.3, -0.25) is 9.20 Å². The van der Waals surface area contributed by atoms with Crippen LogP contribution < -0.4 is 10.1 Å². The minimum absolute atomic E-state index is 0.278. The van der Waals surface area contributed by atoms with Gasteiger partial charge in [-0.05, 0) is 30.3 Å². The van der Waals surface area contributed by atoms with Crippen molar-refractivity contribution in [2.24, 2.45) is 0 Å². The molecule has 0 atom stereocenters. The summed E-state index contributed by atoms with van der Waals surface area (Å²) in [7, 11) is 1.62. The third kappa shape index (κ3) is 3.51. The average molecular weight is 418 g/mol. The molecule has 1 amide bonds. The highest BCUT2D eigenvalue weighted by Crippen LogP contribution is 2.28. The second-order valence-corrected chi connectivity index (χ2v) is 7.39. The normalized spacial score (nSPS) is 10.9. The Balaban J connectivity index is 1.66. The first-order valence-electron chi connectivity index (χ1n) is 7.92. The van der Waals surface area contributed by atoms with Crippen LogP contribution in [0.5, 0.6) is 5.75 Å². The van der Waals surface area contributed by atoms with E-state index in [-0.39, 0.29) is 5.91 Å². The number of nitrogens with one attached hydrogen (secondary N) is 1. The molecular weight excluding hydrogens is 405 g/mol. The van der Waals surface area contributed by atoms with E-state index in [2.05, 4.69) is 10.3 Å². The smallest absolute Gasteiger partial charge is 0.273 e. The number of benzene rings is 2. The number of nitrogens with zero attached hydrogens (tertiary/aromatic N) is 2. The van der Waals surface area contributed by atoms with Gasteiger partial charge in [0.15, 0.2) is 4.96 Å². The molecule has 4 rings (SSSR count). The highest BCUT2D eigenvalue weighted by atomic mass is 35.5. The van der Waals surface area contributed by atoms with Gasteiger partial charge in [-0.25, -0.2) is 4.98 Å². The van der Waals surface area contributed by atoms with Gasteiger partial charge in [0, 0.05) is 22.2 Å². The number of carbonyl (C=O) groups excluding carboxylic acids is 1. The molecule has 5 nitrogen and oxygen atoms in total. The first-order chi connectivity index (χ1) is 13.0. The zero-order chi connectivity index (χ0) is 19.0. The number of anilines is 1. The maximum absolute atomic E-state index is 12.7. The molecule has 27 heavy (non-hydrogen) atoms. The van der Waals surface area contributed by atoms with Crippen molar-refractivity contribution in [3.8, 4) is 17.0 Å². The number of amides is 1. The minimum Gasteiger partial charge on any atom is -0.497 e. The summed E-state index contributed by atoms with van der Waals surface area (Å²) in [5, 5.41) is 5.46. The molecular formula is C19H13Cl2N3O2S. The Morgan fingerprint density at radius 2 is 2.07 bits per heavy atom. The molecule has 2 aromatic carbocycles. The Labute approximate surface area is 169 Å². The highest BCUT2D eigenvalue weighted by molar-refractivity contribution is 7.15. The van der Waals surface area contributed by atoms with E-state index in [9.17, 15) is 4.79 Å².